The van der Waals surface area contributed by atoms with Crippen LogP contribution in [0.25, 0.3) is 0 Å². The number of carbonyl (C=O) groups is 2. The Morgan fingerprint density at radius 2 is 2.04 bits per heavy atom. The standard InChI is InChI=1S/C17H25N3O3/c1-11(19-17(22)12-5-3-4-6-12)9-16(21)20-13-7-8-15(23-2)14(18)10-13/h7-8,10-12H,3-6,9,18H2,1-2H3,(H,19,22)(H,20,21). The molecule has 0 aromatic heterocycles. The number of carbonyl (C=O) groups excluding carboxylic acids is 2. The lowest BCUT2D eigenvalue weighted by Gasteiger charge is -2.17. The van der Waals surface area contributed by atoms with Crippen molar-refractivity contribution >= 4 is 23.2 Å². The van der Waals surface area contributed by atoms with E-state index in [1.807, 2.05) is 6.92 Å². The molecule has 0 aliphatic heterocycles. The summed E-state index contributed by atoms with van der Waals surface area (Å²) in [7, 11) is 1.54. The van der Waals surface area contributed by atoms with Gasteiger partial charge in [-0.1, -0.05) is 12.8 Å². The zero-order valence-corrected chi connectivity index (χ0v) is 13.7. The van der Waals surface area contributed by atoms with Gasteiger partial charge in [0.1, 0.15) is 5.75 Å². The van der Waals surface area contributed by atoms with Crippen LogP contribution in [0.2, 0.25) is 0 Å². The molecule has 0 heterocycles. The molecule has 0 saturated heterocycles. The van der Waals surface area contributed by atoms with Crippen LogP contribution in [0, 0.1) is 5.92 Å². The zero-order chi connectivity index (χ0) is 16.8. The highest BCUT2D eigenvalue weighted by Crippen LogP contribution is 2.25. The summed E-state index contributed by atoms with van der Waals surface area (Å²) in [5, 5.41) is 5.71. The Bertz CT molecular complexity index is 568. The Kier molecular flexibility index (Phi) is 5.84. The second kappa shape index (κ2) is 7.85. The normalized spacial score (nSPS) is 15.9. The third-order valence-electron chi connectivity index (χ3n) is 4.12. The van der Waals surface area contributed by atoms with E-state index in [9.17, 15) is 9.59 Å². The lowest BCUT2D eigenvalue weighted by molar-refractivity contribution is -0.125. The molecule has 1 aromatic carbocycles. The lowest BCUT2D eigenvalue weighted by Crippen LogP contribution is -2.38. The minimum Gasteiger partial charge on any atom is -0.495 e. The third kappa shape index (κ3) is 4.87. The van der Waals surface area contributed by atoms with Crippen molar-refractivity contribution in [3.05, 3.63) is 18.2 Å². The molecule has 1 saturated carbocycles. The van der Waals surface area contributed by atoms with Gasteiger partial charge in [-0.3, -0.25) is 9.59 Å². The van der Waals surface area contributed by atoms with Crippen molar-refractivity contribution < 1.29 is 14.3 Å². The highest BCUT2D eigenvalue weighted by Gasteiger charge is 2.24. The highest BCUT2D eigenvalue weighted by molar-refractivity contribution is 5.92. The molecule has 0 radical (unpaired) electrons. The van der Waals surface area contributed by atoms with Gasteiger partial charge in [0, 0.05) is 24.1 Å². The summed E-state index contributed by atoms with van der Waals surface area (Å²) in [6, 6.07) is 4.89. The van der Waals surface area contributed by atoms with Gasteiger partial charge in [0.2, 0.25) is 11.8 Å². The summed E-state index contributed by atoms with van der Waals surface area (Å²) in [5.41, 5.74) is 6.89. The number of nitrogens with two attached hydrogens (primary N) is 1. The molecule has 0 bridgehead atoms. The number of rotatable bonds is 6. The molecular weight excluding hydrogens is 294 g/mol. The fraction of sp³-hybridized carbons (Fsp3) is 0.529. The van der Waals surface area contributed by atoms with Crippen molar-refractivity contribution in [2.24, 2.45) is 5.92 Å². The van der Waals surface area contributed by atoms with Gasteiger partial charge < -0.3 is 21.1 Å². The first-order valence-electron chi connectivity index (χ1n) is 8.03. The Hall–Kier alpha value is -2.24. The molecule has 1 aliphatic rings. The maximum atomic E-state index is 12.1. The van der Waals surface area contributed by atoms with E-state index in [1.165, 1.54) is 0 Å². The van der Waals surface area contributed by atoms with Crippen LogP contribution in [0.1, 0.15) is 39.0 Å². The van der Waals surface area contributed by atoms with Crippen LogP contribution in [0.3, 0.4) is 0 Å². The summed E-state index contributed by atoms with van der Waals surface area (Å²) in [6.07, 6.45) is 4.37. The van der Waals surface area contributed by atoms with Crippen molar-refractivity contribution in [1.82, 2.24) is 5.32 Å². The second-order valence-corrected chi connectivity index (χ2v) is 6.10. The SMILES string of the molecule is COc1ccc(NC(=O)CC(C)NC(=O)C2CCCC2)cc1N. The molecule has 1 atom stereocenters. The molecule has 2 amide bonds. The maximum Gasteiger partial charge on any atom is 0.226 e. The minimum absolute atomic E-state index is 0.0662. The van der Waals surface area contributed by atoms with Crippen molar-refractivity contribution in [3.63, 3.8) is 0 Å². The monoisotopic (exact) mass is 319 g/mol. The van der Waals surface area contributed by atoms with Crippen LogP contribution in [-0.4, -0.2) is 25.0 Å². The van der Waals surface area contributed by atoms with Crippen molar-refractivity contribution in [3.8, 4) is 5.75 Å². The smallest absolute Gasteiger partial charge is 0.226 e. The first-order valence-corrected chi connectivity index (χ1v) is 8.03. The van der Waals surface area contributed by atoms with E-state index in [0.717, 1.165) is 25.7 Å². The van der Waals surface area contributed by atoms with Crippen LogP contribution in [0.4, 0.5) is 11.4 Å². The molecule has 1 aliphatic carbocycles. The van der Waals surface area contributed by atoms with Gasteiger partial charge >= 0.3 is 0 Å². The summed E-state index contributed by atoms with van der Waals surface area (Å²) in [5.74, 6) is 0.590. The minimum atomic E-state index is -0.196. The predicted molar refractivity (Wildman–Crippen MR) is 90.2 cm³/mol. The lowest BCUT2D eigenvalue weighted by atomic mass is 10.1. The van der Waals surface area contributed by atoms with Gasteiger partial charge in [-0.2, -0.15) is 0 Å². The van der Waals surface area contributed by atoms with E-state index in [2.05, 4.69) is 10.6 Å². The first kappa shape index (κ1) is 17.1. The van der Waals surface area contributed by atoms with Crippen LogP contribution < -0.4 is 21.1 Å². The molecule has 6 heteroatoms. The van der Waals surface area contributed by atoms with Gasteiger partial charge in [0.15, 0.2) is 0 Å². The van der Waals surface area contributed by atoms with E-state index >= 15 is 0 Å². The number of anilines is 2. The van der Waals surface area contributed by atoms with Gasteiger partial charge in [-0.05, 0) is 38.0 Å². The molecule has 0 spiro atoms. The number of benzene rings is 1. The summed E-state index contributed by atoms with van der Waals surface area (Å²) < 4.78 is 5.08. The van der Waals surface area contributed by atoms with Gasteiger partial charge in [0.05, 0.1) is 12.8 Å². The average molecular weight is 319 g/mol. The number of hydrogen-bond acceptors (Lipinski definition) is 4. The molecule has 1 unspecified atom stereocenters. The molecule has 6 nitrogen and oxygen atoms in total. The second-order valence-electron chi connectivity index (χ2n) is 6.10. The van der Waals surface area contributed by atoms with Crippen LogP contribution >= 0.6 is 0 Å². The van der Waals surface area contributed by atoms with E-state index in [0.29, 0.717) is 17.1 Å². The predicted octanol–water partition coefficient (Wildman–Crippen LogP) is 2.30. The van der Waals surface area contributed by atoms with Gasteiger partial charge in [-0.25, -0.2) is 0 Å². The van der Waals surface area contributed by atoms with Gasteiger partial charge in [-0.15, -0.1) is 0 Å². The van der Waals surface area contributed by atoms with Crippen molar-refractivity contribution in [2.45, 2.75) is 45.1 Å². The van der Waals surface area contributed by atoms with Crippen LogP contribution in [0.5, 0.6) is 5.75 Å². The number of ether oxygens (including phenoxy) is 1. The van der Waals surface area contributed by atoms with E-state index in [4.69, 9.17) is 10.5 Å². The summed E-state index contributed by atoms with van der Waals surface area (Å²) in [4.78, 5) is 24.1. The van der Waals surface area contributed by atoms with E-state index in [1.54, 1.807) is 25.3 Å². The summed E-state index contributed by atoms with van der Waals surface area (Å²) in [6.45, 7) is 1.84. The maximum absolute atomic E-state index is 12.1. The van der Waals surface area contributed by atoms with Crippen LogP contribution in [-0.2, 0) is 9.59 Å². The number of methoxy groups -OCH3 is 1. The molecular formula is C17H25N3O3. The first-order chi connectivity index (χ1) is 11.0. The molecule has 2 rings (SSSR count). The zero-order valence-electron chi connectivity index (χ0n) is 13.7. The Balaban J connectivity index is 1.81. The fourth-order valence-electron chi connectivity index (χ4n) is 2.90. The molecule has 126 valence electrons. The third-order valence-corrected chi connectivity index (χ3v) is 4.12. The molecule has 4 N–H and O–H groups in total. The van der Waals surface area contributed by atoms with Crippen LogP contribution in [0.15, 0.2) is 18.2 Å². The number of nitrogen functional groups attached to an aromatic ring is 1. The van der Waals surface area contributed by atoms with E-state index < -0.39 is 0 Å². The largest absolute Gasteiger partial charge is 0.495 e. The van der Waals surface area contributed by atoms with Crippen molar-refractivity contribution in [1.29, 1.82) is 0 Å². The Morgan fingerprint density at radius 3 is 2.65 bits per heavy atom. The van der Waals surface area contributed by atoms with Gasteiger partial charge in [0.25, 0.3) is 0 Å². The fourth-order valence-corrected chi connectivity index (χ4v) is 2.90. The molecule has 1 fully saturated rings. The Morgan fingerprint density at radius 1 is 1.35 bits per heavy atom. The van der Waals surface area contributed by atoms with E-state index in [-0.39, 0.29) is 30.2 Å². The number of hydrogen-bond donors (Lipinski definition) is 3. The Labute approximate surface area is 136 Å². The topological polar surface area (TPSA) is 93.5 Å². The highest BCUT2D eigenvalue weighted by atomic mass is 16.5. The summed E-state index contributed by atoms with van der Waals surface area (Å²) >= 11 is 0. The average Bonchev–Trinajstić information content (AvgIpc) is 3.01. The van der Waals surface area contributed by atoms with Crippen molar-refractivity contribution in [2.75, 3.05) is 18.2 Å². The quantitative estimate of drug-likeness (QED) is 0.701. The number of amides is 2. The molecule has 1 aromatic rings. The molecule has 23 heavy (non-hydrogen) atoms. The number of nitrogens with one attached hydrogen (secondary N) is 2.